The van der Waals surface area contributed by atoms with Gasteiger partial charge in [-0.25, -0.2) is 4.39 Å². The van der Waals surface area contributed by atoms with Gasteiger partial charge in [0.25, 0.3) is 0 Å². The smallest absolute Gasteiger partial charge is 0.310 e. The molecule has 0 spiro atoms. The molecule has 0 amide bonds. The van der Waals surface area contributed by atoms with E-state index in [-0.39, 0.29) is 6.04 Å². The summed E-state index contributed by atoms with van der Waals surface area (Å²) in [4.78, 5) is 0. The van der Waals surface area contributed by atoms with E-state index in [0.717, 1.165) is 31.5 Å². The molecule has 5 heteroatoms. The predicted molar refractivity (Wildman–Crippen MR) is 51.4 cm³/mol. The van der Waals surface area contributed by atoms with Crippen LogP contribution in [0.15, 0.2) is 18.2 Å². The zero-order valence-corrected chi connectivity index (χ0v) is 8.44. The highest BCUT2D eigenvalue weighted by atomic mass is 19.4. The predicted octanol–water partition coefficient (Wildman–Crippen LogP) is 3.27. The Morgan fingerprint density at radius 2 is 2.00 bits per heavy atom. The molecule has 1 heterocycles. The van der Waals surface area contributed by atoms with E-state index < -0.39 is 17.6 Å². The van der Waals surface area contributed by atoms with Gasteiger partial charge >= 0.3 is 6.18 Å². The van der Waals surface area contributed by atoms with Crippen molar-refractivity contribution in [2.24, 2.45) is 0 Å². The van der Waals surface area contributed by atoms with Crippen molar-refractivity contribution in [3.8, 4) is 0 Å². The van der Waals surface area contributed by atoms with Gasteiger partial charge in [-0.15, -0.1) is 0 Å². The maximum Gasteiger partial charge on any atom is 0.419 e. The van der Waals surface area contributed by atoms with Gasteiger partial charge in [0.15, 0.2) is 0 Å². The van der Waals surface area contributed by atoms with E-state index in [9.17, 15) is 17.6 Å². The lowest BCUT2D eigenvalue weighted by atomic mass is 10.0. The van der Waals surface area contributed by atoms with Crippen molar-refractivity contribution in [1.29, 1.82) is 0 Å². The minimum absolute atomic E-state index is 0.0169. The molecule has 1 aromatic carbocycles. The third kappa shape index (κ3) is 2.19. The first-order valence-corrected chi connectivity index (χ1v) is 5.08. The van der Waals surface area contributed by atoms with Gasteiger partial charge in [-0.1, -0.05) is 6.07 Å². The van der Waals surface area contributed by atoms with Crippen LogP contribution in [-0.2, 0) is 6.18 Å². The molecule has 1 fully saturated rings. The third-order valence-electron chi connectivity index (χ3n) is 2.76. The van der Waals surface area contributed by atoms with Crippen molar-refractivity contribution in [2.75, 3.05) is 6.54 Å². The number of alkyl halides is 3. The largest absolute Gasteiger partial charge is 0.419 e. The first-order valence-electron chi connectivity index (χ1n) is 5.08. The molecule has 0 bridgehead atoms. The number of halogens is 4. The zero-order chi connectivity index (χ0) is 11.8. The second-order valence-corrected chi connectivity index (χ2v) is 3.89. The number of rotatable bonds is 1. The Hall–Kier alpha value is -1.10. The van der Waals surface area contributed by atoms with Crippen molar-refractivity contribution in [3.05, 3.63) is 35.1 Å². The van der Waals surface area contributed by atoms with Crippen LogP contribution in [-0.4, -0.2) is 6.54 Å². The van der Waals surface area contributed by atoms with Gasteiger partial charge in [-0.3, -0.25) is 0 Å². The highest BCUT2D eigenvalue weighted by Crippen LogP contribution is 2.33. The Kier molecular flexibility index (Phi) is 2.88. The molecule has 1 saturated heterocycles. The average Bonchev–Trinajstić information content (AvgIpc) is 2.68. The monoisotopic (exact) mass is 233 g/mol. The van der Waals surface area contributed by atoms with Gasteiger partial charge in [0.2, 0.25) is 0 Å². The molecule has 1 N–H and O–H groups in total. The Balaban J connectivity index is 2.29. The Morgan fingerprint density at radius 3 is 2.50 bits per heavy atom. The number of benzene rings is 1. The Bertz CT molecular complexity index is 380. The molecule has 1 nitrogen and oxygen atoms in total. The van der Waals surface area contributed by atoms with E-state index in [2.05, 4.69) is 5.32 Å². The van der Waals surface area contributed by atoms with Gasteiger partial charge in [0.1, 0.15) is 5.82 Å². The molecule has 0 aliphatic carbocycles. The summed E-state index contributed by atoms with van der Waals surface area (Å²) in [5.74, 6) is -1.20. The van der Waals surface area contributed by atoms with E-state index >= 15 is 0 Å². The van der Waals surface area contributed by atoms with Gasteiger partial charge in [0, 0.05) is 6.04 Å². The summed E-state index contributed by atoms with van der Waals surface area (Å²) in [6.07, 6.45) is -2.82. The number of hydrogen-bond donors (Lipinski definition) is 1. The van der Waals surface area contributed by atoms with Crippen LogP contribution >= 0.6 is 0 Å². The summed E-state index contributed by atoms with van der Waals surface area (Å²) in [7, 11) is 0. The zero-order valence-electron chi connectivity index (χ0n) is 8.44. The summed E-state index contributed by atoms with van der Waals surface area (Å²) in [6.45, 7) is 0.827. The van der Waals surface area contributed by atoms with Gasteiger partial charge in [-0.2, -0.15) is 13.2 Å². The molecule has 16 heavy (non-hydrogen) atoms. The van der Waals surface area contributed by atoms with Crippen LogP contribution in [0, 0.1) is 5.82 Å². The van der Waals surface area contributed by atoms with Crippen molar-refractivity contribution in [2.45, 2.75) is 25.1 Å². The molecule has 0 radical (unpaired) electrons. The fourth-order valence-corrected chi connectivity index (χ4v) is 1.95. The van der Waals surface area contributed by atoms with E-state index in [1.54, 1.807) is 0 Å². The van der Waals surface area contributed by atoms with Gasteiger partial charge < -0.3 is 5.32 Å². The molecular formula is C11H11F4N. The molecule has 1 atom stereocenters. The first-order chi connectivity index (χ1) is 7.48. The van der Waals surface area contributed by atoms with Gasteiger partial charge in [-0.05, 0) is 37.1 Å². The Morgan fingerprint density at radius 1 is 1.25 bits per heavy atom. The fraction of sp³-hybridized carbons (Fsp3) is 0.455. The van der Waals surface area contributed by atoms with Crippen LogP contribution in [0.5, 0.6) is 0 Å². The quantitative estimate of drug-likeness (QED) is 0.734. The topological polar surface area (TPSA) is 12.0 Å². The molecule has 0 unspecified atom stereocenters. The van der Waals surface area contributed by atoms with Gasteiger partial charge in [0.05, 0.1) is 5.56 Å². The highest BCUT2D eigenvalue weighted by molar-refractivity contribution is 5.28. The lowest BCUT2D eigenvalue weighted by Gasteiger charge is -2.13. The van der Waals surface area contributed by atoms with Crippen molar-refractivity contribution in [3.63, 3.8) is 0 Å². The van der Waals surface area contributed by atoms with E-state index in [1.165, 1.54) is 6.07 Å². The standard InChI is InChI=1S/C11H11F4N/c12-9-6-7(10-2-1-5-16-10)3-4-8(9)11(13,14)15/h3-4,6,10,16H,1-2,5H2/t10-/m1/s1. The van der Waals surface area contributed by atoms with Crippen molar-refractivity contribution >= 4 is 0 Å². The fourth-order valence-electron chi connectivity index (χ4n) is 1.95. The summed E-state index contributed by atoms with van der Waals surface area (Å²) in [5.41, 5.74) is -0.614. The molecule has 88 valence electrons. The van der Waals surface area contributed by atoms with Crippen LogP contribution < -0.4 is 5.32 Å². The van der Waals surface area contributed by atoms with E-state index in [4.69, 9.17) is 0 Å². The average molecular weight is 233 g/mol. The summed E-state index contributed by atoms with van der Waals surface area (Å²) >= 11 is 0. The normalized spacial score (nSPS) is 21.4. The van der Waals surface area contributed by atoms with Crippen LogP contribution in [0.1, 0.15) is 30.0 Å². The second kappa shape index (κ2) is 4.05. The third-order valence-corrected chi connectivity index (χ3v) is 2.76. The molecule has 1 aliphatic heterocycles. The van der Waals surface area contributed by atoms with E-state index in [0.29, 0.717) is 5.56 Å². The molecule has 2 rings (SSSR count). The van der Waals surface area contributed by atoms with Crippen LogP contribution in [0.3, 0.4) is 0 Å². The molecule has 0 saturated carbocycles. The van der Waals surface area contributed by atoms with E-state index in [1.807, 2.05) is 0 Å². The van der Waals surface area contributed by atoms with Crippen molar-refractivity contribution < 1.29 is 17.6 Å². The maximum atomic E-state index is 13.3. The summed E-state index contributed by atoms with van der Waals surface area (Å²) in [6, 6.07) is 3.11. The second-order valence-electron chi connectivity index (χ2n) is 3.89. The van der Waals surface area contributed by atoms with Crippen LogP contribution in [0.2, 0.25) is 0 Å². The maximum absolute atomic E-state index is 13.3. The Labute approximate surface area is 90.5 Å². The number of nitrogens with one attached hydrogen (secondary N) is 1. The minimum Gasteiger partial charge on any atom is -0.310 e. The minimum atomic E-state index is -4.62. The molecule has 1 aromatic rings. The summed E-state index contributed by atoms with van der Waals surface area (Å²) < 4.78 is 50.2. The lowest BCUT2D eigenvalue weighted by molar-refractivity contribution is -0.140. The highest BCUT2D eigenvalue weighted by Gasteiger charge is 2.34. The molecular weight excluding hydrogens is 222 g/mol. The van der Waals surface area contributed by atoms with Crippen LogP contribution in [0.25, 0.3) is 0 Å². The lowest BCUT2D eigenvalue weighted by Crippen LogP contribution is -2.14. The van der Waals surface area contributed by atoms with Crippen LogP contribution in [0.4, 0.5) is 17.6 Å². The van der Waals surface area contributed by atoms with Crippen molar-refractivity contribution in [1.82, 2.24) is 5.32 Å². The molecule has 0 aromatic heterocycles. The SMILES string of the molecule is Fc1cc([C@H]2CCCN2)ccc1C(F)(F)F. The first kappa shape index (κ1) is 11.4. The number of hydrogen-bond acceptors (Lipinski definition) is 1. The molecule has 1 aliphatic rings. The summed E-state index contributed by atoms with van der Waals surface area (Å²) in [5, 5.41) is 3.11.